The Kier molecular flexibility index (Phi) is 5.70. The summed E-state index contributed by atoms with van der Waals surface area (Å²) in [5.74, 6) is -0.0426. The van der Waals surface area contributed by atoms with Crippen LogP contribution in [0.3, 0.4) is 0 Å². The number of likely N-dealkylation sites (tertiary alicyclic amines) is 1. The standard InChI is InChI=1S/C15H24N4O4/c1-11-12(18-23-17-11)9-14(21)19-8-4-6-15(10-19,22-3)7-5-13(20)16-2/h4-10H2,1-3H3,(H,16,20)/t15-/m0/s1. The number of nitrogens with one attached hydrogen (secondary N) is 1. The molecule has 2 heterocycles. The van der Waals surface area contributed by atoms with E-state index in [9.17, 15) is 9.59 Å². The van der Waals surface area contributed by atoms with E-state index in [1.54, 1.807) is 26.0 Å². The Balaban J connectivity index is 1.99. The van der Waals surface area contributed by atoms with E-state index in [2.05, 4.69) is 20.3 Å². The zero-order valence-corrected chi connectivity index (χ0v) is 13.9. The van der Waals surface area contributed by atoms with Gasteiger partial charge in [0.1, 0.15) is 11.4 Å². The number of rotatable bonds is 6. The van der Waals surface area contributed by atoms with Gasteiger partial charge >= 0.3 is 0 Å². The largest absolute Gasteiger partial charge is 0.376 e. The Hall–Kier alpha value is -1.96. The van der Waals surface area contributed by atoms with Gasteiger partial charge in [-0.05, 0) is 26.2 Å². The van der Waals surface area contributed by atoms with E-state index in [0.717, 1.165) is 12.8 Å². The predicted molar refractivity (Wildman–Crippen MR) is 81.6 cm³/mol. The van der Waals surface area contributed by atoms with Gasteiger partial charge in [-0.2, -0.15) is 0 Å². The Morgan fingerprint density at radius 2 is 2.22 bits per heavy atom. The lowest BCUT2D eigenvalue weighted by atomic mass is 9.87. The van der Waals surface area contributed by atoms with Crippen molar-refractivity contribution in [3.8, 4) is 0 Å². The minimum atomic E-state index is -0.461. The van der Waals surface area contributed by atoms with E-state index in [-0.39, 0.29) is 18.2 Å². The maximum atomic E-state index is 12.5. The van der Waals surface area contributed by atoms with Crippen molar-refractivity contribution in [2.75, 3.05) is 27.2 Å². The van der Waals surface area contributed by atoms with Crippen molar-refractivity contribution in [2.24, 2.45) is 0 Å². The highest BCUT2D eigenvalue weighted by atomic mass is 16.6. The first-order chi connectivity index (χ1) is 11.0. The van der Waals surface area contributed by atoms with Crippen LogP contribution in [0.15, 0.2) is 4.63 Å². The van der Waals surface area contributed by atoms with Crippen molar-refractivity contribution >= 4 is 11.8 Å². The second-order valence-corrected chi connectivity index (χ2v) is 5.95. The molecular formula is C15H24N4O4. The van der Waals surface area contributed by atoms with E-state index in [4.69, 9.17) is 4.74 Å². The highest BCUT2D eigenvalue weighted by Crippen LogP contribution is 2.29. The number of carbonyl (C=O) groups excluding carboxylic acids is 2. The zero-order valence-electron chi connectivity index (χ0n) is 13.9. The van der Waals surface area contributed by atoms with Gasteiger partial charge in [0.2, 0.25) is 11.8 Å². The Morgan fingerprint density at radius 1 is 1.43 bits per heavy atom. The Morgan fingerprint density at radius 3 is 2.83 bits per heavy atom. The van der Waals surface area contributed by atoms with Crippen molar-refractivity contribution < 1.29 is 19.0 Å². The molecule has 0 aromatic carbocycles. The number of methoxy groups -OCH3 is 1. The summed E-state index contributed by atoms with van der Waals surface area (Å²) in [6.07, 6.45) is 2.85. The molecule has 2 rings (SSSR count). The fourth-order valence-electron chi connectivity index (χ4n) is 2.91. The summed E-state index contributed by atoms with van der Waals surface area (Å²) >= 11 is 0. The van der Waals surface area contributed by atoms with Gasteiger partial charge in [-0.25, -0.2) is 4.63 Å². The molecule has 1 aliphatic heterocycles. The average molecular weight is 324 g/mol. The van der Waals surface area contributed by atoms with Crippen LogP contribution in [0.5, 0.6) is 0 Å². The fourth-order valence-corrected chi connectivity index (χ4v) is 2.91. The van der Waals surface area contributed by atoms with Gasteiger partial charge in [-0.15, -0.1) is 0 Å². The van der Waals surface area contributed by atoms with Crippen LogP contribution >= 0.6 is 0 Å². The van der Waals surface area contributed by atoms with Crippen molar-refractivity contribution in [3.05, 3.63) is 11.4 Å². The molecule has 0 saturated carbocycles. The number of nitrogens with zero attached hydrogens (tertiary/aromatic N) is 3. The lowest BCUT2D eigenvalue weighted by Crippen LogP contribution is -2.52. The third kappa shape index (κ3) is 4.28. The van der Waals surface area contributed by atoms with Crippen LogP contribution in [0.4, 0.5) is 0 Å². The molecule has 2 amide bonds. The van der Waals surface area contributed by atoms with Crippen molar-refractivity contribution in [3.63, 3.8) is 0 Å². The van der Waals surface area contributed by atoms with Crippen LogP contribution < -0.4 is 5.32 Å². The minimum absolute atomic E-state index is 0.0193. The van der Waals surface area contributed by atoms with Crippen LogP contribution in [-0.4, -0.2) is 59.9 Å². The maximum absolute atomic E-state index is 12.5. The SMILES string of the molecule is CNC(=O)CC[C@@]1(OC)CCCN(C(=O)Cc2nonc2C)C1. The van der Waals surface area contributed by atoms with Crippen molar-refractivity contribution in [1.82, 2.24) is 20.5 Å². The quantitative estimate of drug-likeness (QED) is 0.816. The first-order valence-electron chi connectivity index (χ1n) is 7.81. The molecule has 1 fully saturated rings. The molecular weight excluding hydrogens is 300 g/mol. The Labute approximate surface area is 135 Å². The molecule has 0 spiro atoms. The summed E-state index contributed by atoms with van der Waals surface area (Å²) in [5, 5.41) is 10.1. The lowest BCUT2D eigenvalue weighted by Gasteiger charge is -2.42. The molecule has 0 unspecified atom stereocenters. The molecule has 1 saturated heterocycles. The molecule has 1 atom stereocenters. The highest BCUT2D eigenvalue weighted by Gasteiger charge is 2.37. The molecule has 0 bridgehead atoms. The smallest absolute Gasteiger partial charge is 0.228 e. The summed E-state index contributed by atoms with van der Waals surface area (Å²) in [7, 11) is 3.26. The highest BCUT2D eigenvalue weighted by molar-refractivity contribution is 5.79. The summed E-state index contributed by atoms with van der Waals surface area (Å²) < 4.78 is 10.3. The topological polar surface area (TPSA) is 97.6 Å². The maximum Gasteiger partial charge on any atom is 0.228 e. The zero-order chi connectivity index (χ0) is 16.9. The fraction of sp³-hybridized carbons (Fsp3) is 0.733. The molecule has 1 aromatic heterocycles. The summed E-state index contributed by atoms with van der Waals surface area (Å²) in [5.41, 5.74) is 0.735. The van der Waals surface area contributed by atoms with Crippen molar-refractivity contribution in [2.45, 2.75) is 44.6 Å². The van der Waals surface area contributed by atoms with E-state index in [1.807, 2.05) is 0 Å². The van der Waals surface area contributed by atoms with Gasteiger partial charge < -0.3 is 15.0 Å². The predicted octanol–water partition coefficient (Wildman–Crippen LogP) is 0.454. The van der Waals surface area contributed by atoms with Crippen molar-refractivity contribution in [1.29, 1.82) is 0 Å². The van der Waals surface area contributed by atoms with E-state index in [1.165, 1.54) is 0 Å². The van der Waals surface area contributed by atoms with E-state index in [0.29, 0.717) is 37.3 Å². The number of carbonyl (C=O) groups is 2. The molecule has 1 aromatic rings. The number of ether oxygens (including phenoxy) is 1. The lowest BCUT2D eigenvalue weighted by molar-refractivity contribution is -0.141. The number of piperidine rings is 1. The number of hydrogen-bond donors (Lipinski definition) is 1. The van der Waals surface area contributed by atoms with E-state index >= 15 is 0 Å². The third-order valence-corrected chi connectivity index (χ3v) is 4.48. The van der Waals surface area contributed by atoms with Crippen LogP contribution in [0, 0.1) is 6.92 Å². The third-order valence-electron chi connectivity index (χ3n) is 4.48. The second kappa shape index (κ2) is 7.54. The number of aryl methyl sites for hydroxylation is 1. The van der Waals surface area contributed by atoms with E-state index < -0.39 is 5.60 Å². The molecule has 1 aliphatic rings. The second-order valence-electron chi connectivity index (χ2n) is 5.95. The number of amides is 2. The van der Waals surface area contributed by atoms with Gasteiger partial charge in [0.25, 0.3) is 0 Å². The van der Waals surface area contributed by atoms with Gasteiger partial charge in [0, 0.05) is 33.7 Å². The molecule has 8 heteroatoms. The summed E-state index contributed by atoms with van der Waals surface area (Å²) in [6.45, 7) is 2.94. The summed E-state index contributed by atoms with van der Waals surface area (Å²) in [4.78, 5) is 25.8. The van der Waals surface area contributed by atoms with Crippen LogP contribution in [0.1, 0.15) is 37.1 Å². The molecule has 1 N–H and O–H groups in total. The molecule has 128 valence electrons. The number of hydrogen-bond acceptors (Lipinski definition) is 6. The van der Waals surface area contributed by atoms with Gasteiger partial charge in [-0.3, -0.25) is 9.59 Å². The molecule has 23 heavy (non-hydrogen) atoms. The van der Waals surface area contributed by atoms with Crippen LogP contribution in [0.25, 0.3) is 0 Å². The average Bonchev–Trinajstić information content (AvgIpc) is 2.97. The van der Waals surface area contributed by atoms with Crippen LogP contribution in [-0.2, 0) is 20.7 Å². The molecule has 0 radical (unpaired) electrons. The summed E-state index contributed by atoms with van der Waals surface area (Å²) in [6, 6.07) is 0. The first kappa shape index (κ1) is 17.4. The monoisotopic (exact) mass is 324 g/mol. The van der Waals surface area contributed by atoms with Gasteiger partial charge in [0.15, 0.2) is 0 Å². The van der Waals surface area contributed by atoms with Gasteiger partial charge in [0.05, 0.1) is 12.0 Å². The van der Waals surface area contributed by atoms with Gasteiger partial charge in [-0.1, -0.05) is 10.3 Å². The molecule has 0 aliphatic carbocycles. The Bertz CT molecular complexity index is 559. The molecule has 8 nitrogen and oxygen atoms in total. The van der Waals surface area contributed by atoms with Crippen LogP contribution in [0.2, 0.25) is 0 Å². The minimum Gasteiger partial charge on any atom is -0.376 e. The number of aromatic nitrogens is 2. The first-order valence-corrected chi connectivity index (χ1v) is 7.81. The normalized spacial score (nSPS) is 21.3.